The molecule has 3 N–H and O–H groups in total. The van der Waals surface area contributed by atoms with E-state index in [1.807, 2.05) is 29.6 Å². The fourth-order valence-electron chi connectivity index (χ4n) is 3.16. The molecule has 1 saturated heterocycles. The number of nitrogens with two attached hydrogens (primary N) is 1. The summed E-state index contributed by atoms with van der Waals surface area (Å²) < 4.78 is 0. The Bertz CT molecular complexity index is 918. The van der Waals surface area contributed by atoms with Crippen molar-refractivity contribution < 1.29 is 4.79 Å². The lowest BCUT2D eigenvalue weighted by Crippen LogP contribution is -2.43. The van der Waals surface area contributed by atoms with Crippen molar-refractivity contribution in [1.82, 2.24) is 15.3 Å². The normalized spacial score (nSPS) is 14.3. The molecule has 7 heteroatoms. The van der Waals surface area contributed by atoms with E-state index in [9.17, 15) is 4.79 Å². The van der Waals surface area contributed by atoms with Gasteiger partial charge in [-0.25, -0.2) is 9.97 Å². The molecule has 0 saturated carbocycles. The lowest BCUT2D eigenvalue weighted by Gasteiger charge is -2.28. The number of rotatable bonds is 5. The van der Waals surface area contributed by atoms with E-state index in [1.54, 1.807) is 23.7 Å². The molecule has 4 rings (SSSR count). The van der Waals surface area contributed by atoms with E-state index in [0.717, 1.165) is 47.9 Å². The highest BCUT2D eigenvalue weighted by atomic mass is 32.1. The van der Waals surface area contributed by atoms with Gasteiger partial charge in [0.05, 0.1) is 18.1 Å². The van der Waals surface area contributed by atoms with Crippen LogP contribution in [0.3, 0.4) is 0 Å². The lowest BCUT2D eigenvalue weighted by atomic mass is 10.0. The number of nitrogen functional groups attached to an aromatic ring is 1. The van der Waals surface area contributed by atoms with Gasteiger partial charge in [0.2, 0.25) is 5.78 Å². The van der Waals surface area contributed by atoms with Crippen molar-refractivity contribution in [3.05, 3.63) is 59.5 Å². The van der Waals surface area contributed by atoms with Crippen LogP contribution in [0, 0.1) is 0 Å². The minimum Gasteiger partial charge on any atom is -0.398 e. The van der Waals surface area contributed by atoms with Gasteiger partial charge in [-0.2, -0.15) is 0 Å². The molecule has 0 bridgehead atoms. The maximum absolute atomic E-state index is 12.7. The molecular weight excluding hydrogens is 358 g/mol. The number of carbonyl (C=O) groups is 1. The van der Waals surface area contributed by atoms with Crippen molar-refractivity contribution in [2.75, 3.05) is 36.8 Å². The predicted octanol–water partition coefficient (Wildman–Crippen LogP) is 2.62. The molecule has 1 aliphatic heterocycles. The average Bonchev–Trinajstić information content (AvgIpc) is 3.25. The Kier molecular flexibility index (Phi) is 5.13. The first kappa shape index (κ1) is 17.6. The van der Waals surface area contributed by atoms with Gasteiger partial charge in [-0.05, 0) is 34.7 Å². The second kappa shape index (κ2) is 7.85. The largest absolute Gasteiger partial charge is 0.398 e. The maximum atomic E-state index is 12.7. The van der Waals surface area contributed by atoms with Crippen LogP contribution in [0.5, 0.6) is 0 Å². The molecule has 1 aromatic carbocycles. The summed E-state index contributed by atoms with van der Waals surface area (Å²) in [7, 11) is 0. The standard InChI is InChI=1S/C20H21N5OS/c21-17-4-3-14(19-2-1-9-27-19)10-15(17)11-18(26)20-23-12-16(13-24-20)25-7-5-22-6-8-25/h1-4,9-10,12-13,22H,5-8,11,21H2. The molecule has 0 unspecified atom stereocenters. The molecule has 3 heterocycles. The van der Waals surface area contributed by atoms with Gasteiger partial charge >= 0.3 is 0 Å². The van der Waals surface area contributed by atoms with Crippen molar-refractivity contribution >= 4 is 28.5 Å². The summed E-state index contributed by atoms with van der Waals surface area (Å²) in [6.45, 7) is 3.73. The number of thiophene rings is 1. The summed E-state index contributed by atoms with van der Waals surface area (Å²) in [5, 5.41) is 5.35. The Morgan fingerprint density at radius 1 is 1.19 bits per heavy atom. The van der Waals surface area contributed by atoms with E-state index in [0.29, 0.717) is 5.69 Å². The average molecular weight is 379 g/mol. The first-order chi connectivity index (χ1) is 13.2. The van der Waals surface area contributed by atoms with E-state index in [2.05, 4.69) is 26.3 Å². The molecule has 0 spiro atoms. The molecule has 27 heavy (non-hydrogen) atoms. The monoisotopic (exact) mass is 379 g/mol. The van der Waals surface area contributed by atoms with E-state index in [-0.39, 0.29) is 18.0 Å². The van der Waals surface area contributed by atoms with Crippen LogP contribution in [0.2, 0.25) is 0 Å². The minimum absolute atomic E-state index is 0.128. The van der Waals surface area contributed by atoms with E-state index >= 15 is 0 Å². The SMILES string of the molecule is Nc1ccc(-c2cccs2)cc1CC(=O)c1ncc(N2CCNCC2)cn1. The number of hydrogen-bond donors (Lipinski definition) is 2. The Morgan fingerprint density at radius 3 is 2.67 bits per heavy atom. The summed E-state index contributed by atoms with van der Waals surface area (Å²) in [6, 6.07) is 9.88. The van der Waals surface area contributed by atoms with Crippen LogP contribution in [0.1, 0.15) is 16.2 Å². The van der Waals surface area contributed by atoms with Gasteiger partial charge < -0.3 is 16.0 Å². The Morgan fingerprint density at radius 2 is 1.96 bits per heavy atom. The summed E-state index contributed by atoms with van der Waals surface area (Å²) >= 11 is 1.66. The quantitative estimate of drug-likeness (QED) is 0.524. The first-order valence-electron chi connectivity index (χ1n) is 8.94. The first-order valence-corrected chi connectivity index (χ1v) is 9.82. The van der Waals surface area contributed by atoms with Crippen molar-refractivity contribution in [2.24, 2.45) is 0 Å². The van der Waals surface area contributed by atoms with Crippen LogP contribution in [0.25, 0.3) is 10.4 Å². The number of ketones is 1. The fourth-order valence-corrected chi connectivity index (χ4v) is 3.88. The van der Waals surface area contributed by atoms with Crippen LogP contribution in [-0.2, 0) is 6.42 Å². The summed E-state index contributed by atoms with van der Waals surface area (Å²) in [4.78, 5) is 24.6. The molecule has 0 amide bonds. The Labute approximate surface area is 162 Å². The molecule has 6 nitrogen and oxygen atoms in total. The van der Waals surface area contributed by atoms with E-state index in [1.165, 1.54) is 0 Å². The number of benzene rings is 1. The van der Waals surface area contributed by atoms with Crippen LogP contribution in [0.15, 0.2) is 48.1 Å². The van der Waals surface area contributed by atoms with Crippen LogP contribution in [0.4, 0.5) is 11.4 Å². The zero-order valence-electron chi connectivity index (χ0n) is 14.9. The highest BCUT2D eigenvalue weighted by Crippen LogP contribution is 2.28. The van der Waals surface area contributed by atoms with Gasteiger partial charge in [0, 0.05) is 43.2 Å². The Hall–Kier alpha value is -2.77. The number of nitrogens with one attached hydrogen (secondary N) is 1. The third-order valence-electron chi connectivity index (χ3n) is 4.67. The fraction of sp³-hybridized carbons (Fsp3) is 0.250. The van der Waals surface area contributed by atoms with Crippen molar-refractivity contribution in [3.8, 4) is 10.4 Å². The van der Waals surface area contributed by atoms with Gasteiger partial charge in [0.15, 0.2) is 5.82 Å². The third-order valence-corrected chi connectivity index (χ3v) is 5.59. The molecule has 1 fully saturated rings. The smallest absolute Gasteiger partial charge is 0.204 e. The number of carbonyl (C=O) groups excluding carboxylic acids is 1. The second-order valence-corrected chi connectivity index (χ2v) is 7.44. The van der Waals surface area contributed by atoms with Gasteiger partial charge in [0.25, 0.3) is 0 Å². The number of piperazine rings is 1. The summed E-state index contributed by atoms with van der Waals surface area (Å²) in [5.41, 5.74) is 9.52. The molecule has 3 aromatic rings. The zero-order valence-corrected chi connectivity index (χ0v) is 15.7. The van der Waals surface area contributed by atoms with Crippen LogP contribution < -0.4 is 16.0 Å². The maximum Gasteiger partial charge on any atom is 0.204 e. The molecule has 0 aliphatic carbocycles. The summed E-state index contributed by atoms with van der Waals surface area (Å²) in [6.07, 6.45) is 3.66. The van der Waals surface area contributed by atoms with Crippen molar-refractivity contribution in [1.29, 1.82) is 0 Å². The van der Waals surface area contributed by atoms with E-state index < -0.39 is 0 Å². The number of anilines is 2. The second-order valence-electron chi connectivity index (χ2n) is 6.49. The van der Waals surface area contributed by atoms with Gasteiger partial charge in [-0.3, -0.25) is 4.79 Å². The van der Waals surface area contributed by atoms with E-state index in [4.69, 9.17) is 5.73 Å². The lowest BCUT2D eigenvalue weighted by molar-refractivity contribution is 0.0983. The molecule has 138 valence electrons. The van der Waals surface area contributed by atoms with Crippen LogP contribution in [-0.4, -0.2) is 41.9 Å². The van der Waals surface area contributed by atoms with Gasteiger partial charge in [-0.15, -0.1) is 11.3 Å². The molecular formula is C20H21N5OS. The predicted molar refractivity (Wildman–Crippen MR) is 109 cm³/mol. The number of Topliss-reactive ketones (excluding diaryl/α,β-unsaturated/α-hetero) is 1. The topological polar surface area (TPSA) is 84.1 Å². The van der Waals surface area contributed by atoms with Crippen molar-refractivity contribution in [3.63, 3.8) is 0 Å². The highest BCUT2D eigenvalue weighted by molar-refractivity contribution is 7.13. The third kappa shape index (κ3) is 3.99. The van der Waals surface area contributed by atoms with Crippen molar-refractivity contribution in [2.45, 2.75) is 6.42 Å². The molecule has 0 radical (unpaired) electrons. The Balaban J connectivity index is 1.49. The van der Waals surface area contributed by atoms with Crippen LogP contribution >= 0.6 is 11.3 Å². The summed E-state index contributed by atoms with van der Waals surface area (Å²) in [5.74, 6) is 0.103. The highest BCUT2D eigenvalue weighted by Gasteiger charge is 2.15. The molecule has 0 atom stereocenters. The van der Waals surface area contributed by atoms with Gasteiger partial charge in [-0.1, -0.05) is 12.1 Å². The zero-order chi connectivity index (χ0) is 18.6. The molecule has 1 aliphatic rings. The number of hydrogen-bond acceptors (Lipinski definition) is 7. The molecule has 2 aromatic heterocycles. The van der Waals surface area contributed by atoms with Gasteiger partial charge in [0.1, 0.15) is 0 Å². The number of aromatic nitrogens is 2. The number of nitrogens with zero attached hydrogens (tertiary/aromatic N) is 3. The minimum atomic E-state index is -0.128.